The minimum Gasteiger partial charge on any atom is -0.449 e. The molecule has 1 atom stereocenters. The molecule has 0 saturated carbocycles. The zero-order chi connectivity index (χ0) is 20.8. The highest BCUT2D eigenvalue weighted by Crippen LogP contribution is 2.24. The fraction of sp³-hybridized carbons (Fsp3) is 0.333. The molecule has 0 radical (unpaired) electrons. The normalized spacial score (nSPS) is 11.6. The maximum atomic E-state index is 12.5. The minimum atomic E-state index is -1.20. The van der Waals surface area contributed by atoms with Crippen molar-refractivity contribution in [2.45, 2.75) is 33.4 Å². The summed E-state index contributed by atoms with van der Waals surface area (Å²) in [6, 6.07) is 6.53. The maximum Gasteiger partial charge on any atom is 0.343 e. The van der Waals surface area contributed by atoms with E-state index in [0.717, 1.165) is 5.56 Å². The van der Waals surface area contributed by atoms with Crippen LogP contribution in [0.15, 0.2) is 24.3 Å². The first-order valence-electron chi connectivity index (χ1n) is 8.50. The SMILES string of the molecule is CCNC(=O)NC(=O)C(C)OC(=O)c1c(C)nn(Cc2ccccc2Cl)c1Cl. The third-order valence-corrected chi connectivity index (χ3v) is 4.53. The Morgan fingerprint density at radius 3 is 2.57 bits per heavy atom. The number of urea groups is 1. The van der Waals surface area contributed by atoms with Gasteiger partial charge in [-0.05, 0) is 32.4 Å². The summed E-state index contributed by atoms with van der Waals surface area (Å²) in [5, 5.41) is 9.35. The van der Waals surface area contributed by atoms with Gasteiger partial charge in [0.15, 0.2) is 6.10 Å². The van der Waals surface area contributed by atoms with E-state index < -0.39 is 24.0 Å². The molecule has 0 aliphatic carbocycles. The number of esters is 1. The van der Waals surface area contributed by atoms with Gasteiger partial charge in [0.1, 0.15) is 10.7 Å². The first kappa shape index (κ1) is 21.7. The van der Waals surface area contributed by atoms with Gasteiger partial charge in [-0.15, -0.1) is 0 Å². The fourth-order valence-electron chi connectivity index (χ4n) is 2.37. The van der Waals surface area contributed by atoms with Gasteiger partial charge in [-0.3, -0.25) is 10.1 Å². The summed E-state index contributed by atoms with van der Waals surface area (Å²) in [5.41, 5.74) is 1.17. The Morgan fingerprint density at radius 2 is 1.93 bits per heavy atom. The molecule has 10 heteroatoms. The van der Waals surface area contributed by atoms with Gasteiger partial charge < -0.3 is 10.1 Å². The largest absolute Gasteiger partial charge is 0.449 e. The number of halogens is 2. The van der Waals surface area contributed by atoms with E-state index in [1.54, 1.807) is 26.0 Å². The van der Waals surface area contributed by atoms with Crippen LogP contribution in [0.3, 0.4) is 0 Å². The Bertz CT molecular complexity index is 898. The molecule has 150 valence electrons. The molecule has 0 bridgehead atoms. The van der Waals surface area contributed by atoms with E-state index in [2.05, 4.69) is 15.7 Å². The summed E-state index contributed by atoms with van der Waals surface area (Å²) < 4.78 is 6.56. The molecule has 8 nitrogen and oxygen atoms in total. The fourth-order valence-corrected chi connectivity index (χ4v) is 2.88. The van der Waals surface area contributed by atoms with Crippen molar-refractivity contribution in [2.24, 2.45) is 0 Å². The molecule has 1 aromatic carbocycles. The topological polar surface area (TPSA) is 102 Å². The molecule has 0 fully saturated rings. The summed E-state index contributed by atoms with van der Waals surface area (Å²) >= 11 is 12.5. The molecule has 1 heterocycles. The third-order valence-electron chi connectivity index (χ3n) is 3.77. The van der Waals surface area contributed by atoms with Crippen molar-refractivity contribution in [3.05, 3.63) is 51.3 Å². The number of nitrogens with one attached hydrogen (secondary N) is 2. The summed E-state index contributed by atoms with van der Waals surface area (Å²) in [6.07, 6.45) is -1.20. The van der Waals surface area contributed by atoms with Gasteiger partial charge in [0, 0.05) is 11.6 Å². The van der Waals surface area contributed by atoms with Gasteiger partial charge in [0.2, 0.25) is 0 Å². The average Bonchev–Trinajstić information content (AvgIpc) is 2.90. The van der Waals surface area contributed by atoms with Crippen molar-refractivity contribution in [1.82, 2.24) is 20.4 Å². The zero-order valence-electron chi connectivity index (χ0n) is 15.6. The number of carbonyl (C=O) groups excluding carboxylic acids is 3. The lowest BCUT2D eigenvalue weighted by atomic mass is 10.2. The number of aromatic nitrogens is 2. The van der Waals surface area contributed by atoms with Gasteiger partial charge in [-0.25, -0.2) is 14.3 Å². The van der Waals surface area contributed by atoms with E-state index in [0.29, 0.717) is 17.3 Å². The second-order valence-corrected chi connectivity index (χ2v) is 6.66. The van der Waals surface area contributed by atoms with E-state index in [4.69, 9.17) is 27.9 Å². The molecule has 2 N–H and O–H groups in total. The maximum absolute atomic E-state index is 12.5. The zero-order valence-corrected chi connectivity index (χ0v) is 17.1. The number of imide groups is 1. The second kappa shape index (κ2) is 9.57. The summed E-state index contributed by atoms with van der Waals surface area (Å²) in [5.74, 6) is -1.57. The molecule has 2 rings (SSSR count). The molecule has 0 saturated heterocycles. The number of carbonyl (C=O) groups is 3. The Morgan fingerprint density at radius 1 is 1.25 bits per heavy atom. The van der Waals surface area contributed by atoms with Crippen LogP contribution >= 0.6 is 23.2 Å². The Hall–Kier alpha value is -2.58. The van der Waals surface area contributed by atoms with Gasteiger partial charge in [0.05, 0.1) is 12.2 Å². The number of nitrogens with zero attached hydrogens (tertiary/aromatic N) is 2. The van der Waals surface area contributed by atoms with Gasteiger partial charge >= 0.3 is 12.0 Å². The van der Waals surface area contributed by atoms with Crippen molar-refractivity contribution < 1.29 is 19.1 Å². The van der Waals surface area contributed by atoms with Crippen LogP contribution in [0.1, 0.15) is 35.5 Å². The molecular formula is C18H20Cl2N4O4. The quantitative estimate of drug-likeness (QED) is 0.691. The van der Waals surface area contributed by atoms with E-state index in [1.807, 2.05) is 12.1 Å². The van der Waals surface area contributed by atoms with Gasteiger partial charge in [-0.1, -0.05) is 41.4 Å². The molecule has 0 aliphatic rings. The third kappa shape index (κ3) is 5.24. The first-order chi connectivity index (χ1) is 13.2. The van der Waals surface area contributed by atoms with E-state index in [-0.39, 0.29) is 17.3 Å². The van der Waals surface area contributed by atoms with Crippen LogP contribution in [0.2, 0.25) is 10.2 Å². The molecule has 0 spiro atoms. The molecule has 28 heavy (non-hydrogen) atoms. The summed E-state index contributed by atoms with van der Waals surface area (Å²) in [7, 11) is 0. The standard InChI is InChI=1S/C18H20Cl2N4O4/c1-4-21-18(27)22-16(25)11(3)28-17(26)14-10(2)23-24(15(14)20)9-12-7-5-6-8-13(12)19/h5-8,11H,4,9H2,1-3H3,(H2,21,22,25,27). The smallest absolute Gasteiger partial charge is 0.343 e. The van der Waals surface area contributed by atoms with Crippen LogP contribution in [-0.4, -0.2) is 40.3 Å². The lowest BCUT2D eigenvalue weighted by Crippen LogP contribution is -2.44. The molecule has 1 aromatic heterocycles. The van der Waals surface area contributed by atoms with E-state index in [9.17, 15) is 14.4 Å². The van der Waals surface area contributed by atoms with Crippen LogP contribution in [0, 0.1) is 6.92 Å². The highest BCUT2D eigenvalue weighted by atomic mass is 35.5. The number of hydrogen-bond acceptors (Lipinski definition) is 5. The Kier molecular flexibility index (Phi) is 7.42. The van der Waals surface area contributed by atoms with Crippen molar-refractivity contribution >= 4 is 41.1 Å². The van der Waals surface area contributed by atoms with Crippen molar-refractivity contribution in [3.8, 4) is 0 Å². The van der Waals surface area contributed by atoms with Crippen LogP contribution in [0.4, 0.5) is 4.79 Å². The molecule has 0 aliphatic heterocycles. The number of rotatable bonds is 6. The lowest BCUT2D eigenvalue weighted by Gasteiger charge is -2.13. The summed E-state index contributed by atoms with van der Waals surface area (Å²) in [4.78, 5) is 35.8. The number of ether oxygens (including phenoxy) is 1. The van der Waals surface area contributed by atoms with Gasteiger partial charge in [0.25, 0.3) is 5.91 Å². The number of aryl methyl sites for hydroxylation is 1. The molecular weight excluding hydrogens is 407 g/mol. The number of benzene rings is 1. The Balaban J connectivity index is 2.11. The molecule has 3 amide bonds. The summed E-state index contributed by atoms with van der Waals surface area (Å²) in [6.45, 7) is 5.28. The van der Waals surface area contributed by atoms with E-state index >= 15 is 0 Å². The van der Waals surface area contributed by atoms with Crippen LogP contribution in [-0.2, 0) is 16.1 Å². The van der Waals surface area contributed by atoms with Crippen LogP contribution in [0.25, 0.3) is 0 Å². The van der Waals surface area contributed by atoms with Crippen LogP contribution < -0.4 is 10.6 Å². The molecule has 2 aromatic rings. The van der Waals surface area contributed by atoms with Crippen LogP contribution in [0.5, 0.6) is 0 Å². The highest BCUT2D eigenvalue weighted by molar-refractivity contribution is 6.33. The first-order valence-corrected chi connectivity index (χ1v) is 9.26. The number of amides is 3. The van der Waals surface area contributed by atoms with E-state index in [1.165, 1.54) is 11.6 Å². The van der Waals surface area contributed by atoms with Crippen molar-refractivity contribution in [2.75, 3.05) is 6.54 Å². The predicted molar refractivity (Wildman–Crippen MR) is 105 cm³/mol. The highest BCUT2D eigenvalue weighted by Gasteiger charge is 2.26. The van der Waals surface area contributed by atoms with Crippen molar-refractivity contribution in [3.63, 3.8) is 0 Å². The average molecular weight is 427 g/mol. The lowest BCUT2D eigenvalue weighted by molar-refractivity contribution is -0.127. The monoisotopic (exact) mass is 426 g/mol. The van der Waals surface area contributed by atoms with Gasteiger partial charge in [-0.2, -0.15) is 5.10 Å². The second-order valence-electron chi connectivity index (χ2n) is 5.90. The van der Waals surface area contributed by atoms with Crippen molar-refractivity contribution in [1.29, 1.82) is 0 Å². The number of hydrogen-bond donors (Lipinski definition) is 2. The minimum absolute atomic E-state index is 0.0476. The molecule has 1 unspecified atom stereocenters. The Labute approximate surface area is 172 Å². The predicted octanol–water partition coefficient (Wildman–Crippen LogP) is 2.94.